The highest BCUT2D eigenvalue weighted by atomic mass is 16.5. The highest BCUT2D eigenvalue weighted by molar-refractivity contribution is 5.86. The van der Waals surface area contributed by atoms with Gasteiger partial charge in [-0.25, -0.2) is 0 Å². The average molecular weight is 417 g/mol. The van der Waals surface area contributed by atoms with Gasteiger partial charge in [-0.15, -0.1) is 0 Å². The lowest BCUT2D eigenvalue weighted by molar-refractivity contribution is -0.167. The second-order valence-corrected chi connectivity index (χ2v) is 9.38. The van der Waals surface area contributed by atoms with Crippen molar-refractivity contribution in [2.45, 2.75) is 72.0 Å². The highest BCUT2D eigenvalue weighted by Crippen LogP contribution is 2.61. The summed E-state index contributed by atoms with van der Waals surface area (Å²) in [5.41, 5.74) is -0.496. The van der Waals surface area contributed by atoms with Crippen LogP contribution < -0.4 is 0 Å². The van der Waals surface area contributed by atoms with E-state index in [1.165, 1.54) is 0 Å². The van der Waals surface area contributed by atoms with Crippen molar-refractivity contribution >= 4 is 18.5 Å². The predicted octanol–water partition coefficient (Wildman–Crippen LogP) is 4.20. The summed E-state index contributed by atoms with van der Waals surface area (Å²) in [4.78, 5) is 36.9. The molecule has 7 atom stereocenters. The molecule has 2 aliphatic rings. The van der Waals surface area contributed by atoms with Crippen LogP contribution in [0.4, 0.5) is 0 Å². The Bertz CT molecular complexity index is 738. The van der Waals surface area contributed by atoms with Crippen molar-refractivity contribution in [3.05, 3.63) is 36.5 Å². The van der Waals surface area contributed by atoms with Crippen molar-refractivity contribution in [2.24, 2.45) is 28.6 Å². The van der Waals surface area contributed by atoms with Gasteiger partial charge in [-0.1, -0.05) is 52.5 Å². The van der Waals surface area contributed by atoms with Crippen LogP contribution in [0.5, 0.6) is 0 Å². The van der Waals surface area contributed by atoms with Gasteiger partial charge < -0.3 is 14.6 Å². The summed E-state index contributed by atoms with van der Waals surface area (Å²) < 4.78 is 5.72. The molecule has 2 rings (SSSR count). The number of hydrogen-bond donors (Lipinski definition) is 1. The van der Waals surface area contributed by atoms with E-state index in [2.05, 4.69) is 27.0 Å². The molecular formula is C25H36O5. The third kappa shape index (κ3) is 4.09. The fourth-order valence-electron chi connectivity index (χ4n) is 5.26. The van der Waals surface area contributed by atoms with Crippen LogP contribution in [0.15, 0.2) is 36.5 Å². The van der Waals surface area contributed by atoms with Gasteiger partial charge in [-0.3, -0.25) is 9.59 Å². The number of fused-ring (bicyclic) bond motifs is 1. The largest absolute Gasteiger partial charge is 0.458 e. The van der Waals surface area contributed by atoms with Crippen LogP contribution in [-0.2, 0) is 19.1 Å². The van der Waals surface area contributed by atoms with E-state index in [-0.39, 0.29) is 34.7 Å². The minimum atomic E-state index is -1.28. The second-order valence-electron chi connectivity index (χ2n) is 9.38. The van der Waals surface area contributed by atoms with Crippen LogP contribution in [0.25, 0.3) is 0 Å². The third-order valence-corrected chi connectivity index (χ3v) is 7.84. The van der Waals surface area contributed by atoms with Gasteiger partial charge in [0.2, 0.25) is 0 Å². The number of carbonyl (C=O) groups is 3. The molecule has 0 saturated heterocycles. The van der Waals surface area contributed by atoms with Gasteiger partial charge >= 0.3 is 5.97 Å². The van der Waals surface area contributed by atoms with Crippen molar-refractivity contribution in [3.63, 3.8) is 0 Å². The second kappa shape index (κ2) is 9.42. The molecule has 1 saturated carbocycles. The monoisotopic (exact) mass is 416 g/mol. The van der Waals surface area contributed by atoms with E-state index in [1.807, 2.05) is 13.8 Å². The van der Waals surface area contributed by atoms with E-state index < -0.39 is 17.6 Å². The van der Waals surface area contributed by atoms with E-state index in [4.69, 9.17) is 4.74 Å². The Labute approximate surface area is 180 Å². The minimum Gasteiger partial charge on any atom is -0.458 e. The lowest BCUT2D eigenvalue weighted by Crippen LogP contribution is -2.60. The van der Waals surface area contributed by atoms with E-state index in [1.54, 1.807) is 12.2 Å². The van der Waals surface area contributed by atoms with E-state index >= 15 is 0 Å². The van der Waals surface area contributed by atoms with E-state index in [0.29, 0.717) is 32.0 Å². The van der Waals surface area contributed by atoms with Crippen LogP contribution in [0.1, 0.15) is 59.8 Å². The van der Waals surface area contributed by atoms with Gasteiger partial charge in [0.1, 0.15) is 18.7 Å². The summed E-state index contributed by atoms with van der Waals surface area (Å²) >= 11 is 0. The lowest BCUT2D eigenvalue weighted by Gasteiger charge is -2.59. The summed E-state index contributed by atoms with van der Waals surface area (Å²) in [6.45, 7) is 15.7. The number of aliphatic hydroxyl groups is 1. The molecule has 30 heavy (non-hydrogen) atoms. The molecule has 0 aromatic rings. The van der Waals surface area contributed by atoms with Gasteiger partial charge in [-0.2, -0.15) is 0 Å². The quantitative estimate of drug-likeness (QED) is 0.346. The molecule has 2 aliphatic carbocycles. The Balaban J connectivity index is 2.51. The number of ether oxygens (including phenoxy) is 1. The van der Waals surface area contributed by atoms with Crippen LogP contribution >= 0.6 is 0 Å². The molecule has 0 radical (unpaired) electrons. The Hall–Kier alpha value is -2.01. The standard InChI is InChI=1S/C25H36O5/c1-7-16(3)9-10-24(6)18(5)11-22(28)25(15-27)19(14-26)12-20(13-21(24)25)30-23(29)17(4)8-2/h7,12,14-15,17-18,20-22,28H,1,3,8-11,13H2,2,4-6H3/t17?,18-,20+,21+,22+,24-,25+/m0/s1. The van der Waals surface area contributed by atoms with Crippen molar-refractivity contribution in [2.75, 3.05) is 0 Å². The number of rotatable bonds is 9. The van der Waals surface area contributed by atoms with Crippen LogP contribution in [0, 0.1) is 28.6 Å². The molecular weight excluding hydrogens is 380 g/mol. The first-order valence-electron chi connectivity index (χ1n) is 10.9. The Morgan fingerprint density at radius 1 is 1.40 bits per heavy atom. The molecule has 5 nitrogen and oxygen atoms in total. The fourth-order valence-corrected chi connectivity index (χ4v) is 5.26. The molecule has 5 heteroatoms. The molecule has 0 aromatic heterocycles. The molecule has 0 heterocycles. The van der Waals surface area contributed by atoms with Gasteiger partial charge in [0, 0.05) is 5.57 Å². The molecule has 166 valence electrons. The van der Waals surface area contributed by atoms with Crippen molar-refractivity contribution in [1.29, 1.82) is 0 Å². The van der Waals surface area contributed by atoms with E-state index in [9.17, 15) is 19.5 Å². The first kappa shape index (κ1) is 24.3. The topological polar surface area (TPSA) is 80.7 Å². The maximum atomic E-state index is 12.5. The van der Waals surface area contributed by atoms with Crippen molar-refractivity contribution in [3.8, 4) is 0 Å². The maximum absolute atomic E-state index is 12.5. The fraction of sp³-hybridized carbons (Fsp3) is 0.640. The lowest BCUT2D eigenvalue weighted by atomic mass is 9.45. The van der Waals surface area contributed by atoms with Crippen LogP contribution in [-0.4, -0.2) is 35.9 Å². The van der Waals surface area contributed by atoms with Gasteiger partial charge in [0.15, 0.2) is 0 Å². The molecule has 0 spiro atoms. The van der Waals surface area contributed by atoms with Crippen LogP contribution in [0.3, 0.4) is 0 Å². The summed E-state index contributed by atoms with van der Waals surface area (Å²) in [5.74, 6) is -0.776. The normalized spacial score (nSPS) is 36.6. The minimum absolute atomic E-state index is 0.111. The smallest absolute Gasteiger partial charge is 0.309 e. The zero-order valence-corrected chi connectivity index (χ0v) is 18.7. The van der Waals surface area contributed by atoms with Gasteiger partial charge in [0.05, 0.1) is 17.4 Å². The van der Waals surface area contributed by atoms with Gasteiger partial charge in [0.25, 0.3) is 0 Å². The first-order valence-corrected chi connectivity index (χ1v) is 10.9. The summed E-state index contributed by atoms with van der Waals surface area (Å²) in [5, 5.41) is 11.0. The Morgan fingerprint density at radius 2 is 2.07 bits per heavy atom. The molecule has 1 N–H and O–H groups in total. The molecule has 0 bridgehead atoms. The van der Waals surface area contributed by atoms with Crippen LogP contribution in [0.2, 0.25) is 0 Å². The highest BCUT2D eigenvalue weighted by Gasteiger charge is 2.62. The number of allylic oxidation sites excluding steroid dienone is 2. The number of esters is 1. The summed E-state index contributed by atoms with van der Waals surface area (Å²) in [6.07, 6.45) is 6.09. The maximum Gasteiger partial charge on any atom is 0.309 e. The predicted molar refractivity (Wildman–Crippen MR) is 117 cm³/mol. The average Bonchev–Trinajstić information content (AvgIpc) is 2.74. The third-order valence-electron chi connectivity index (χ3n) is 7.84. The van der Waals surface area contributed by atoms with E-state index in [0.717, 1.165) is 18.3 Å². The first-order chi connectivity index (χ1) is 14.1. The molecule has 0 aromatic carbocycles. The number of aliphatic hydroxyl groups excluding tert-OH is 1. The molecule has 1 fully saturated rings. The molecule has 0 aliphatic heterocycles. The Morgan fingerprint density at radius 3 is 2.60 bits per heavy atom. The zero-order valence-electron chi connectivity index (χ0n) is 18.7. The Kier molecular flexibility index (Phi) is 7.62. The van der Waals surface area contributed by atoms with Crippen molar-refractivity contribution < 1.29 is 24.2 Å². The summed E-state index contributed by atoms with van der Waals surface area (Å²) in [6, 6.07) is 0. The molecule has 0 amide bonds. The van der Waals surface area contributed by atoms with Gasteiger partial charge in [-0.05, 0) is 55.4 Å². The number of aldehydes is 2. The van der Waals surface area contributed by atoms with Crippen molar-refractivity contribution in [1.82, 2.24) is 0 Å². The zero-order chi connectivity index (χ0) is 22.7. The number of hydrogen-bond acceptors (Lipinski definition) is 5. The SMILES string of the molecule is C=CC(=C)CC[C@]1(C)[C@H]2C[C@H](OC(=O)C(C)CC)C=C(C=O)[C@@]2(C=O)[C@H](O)C[C@@H]1C. The number of carbonyl (C=O) groups excluding carboxylic acids is 3. The molecule has 1 unspecified atom stereocenters. The summed E-state index contributed by atoms with van der Waals surface area (Å²) in [7, 11) is 0.